The van der Waals surface area contributed by atoms with Crippen molar-refractivity contribution in [2.24, 2.45) is 11.1 Å². The van der Waals surface area contributed by atoms with Crippen LogP contribution < -0.4 is 5.73 Å². The van der Waals surface area contributed by atoms with Gasteiger partial charge in [-0.2, -0.15) is 0 Å². The molecule has 5 nitrogen and oxygen atoms in total. The highest BCUT2D eigenvalue weighted by molar-refractivity contribution is 5.68. The van der Waals surface area contributed by atoms with E-state index in [2.05, 4.69) is 19.0 Å². The molecule has 0 aromatic carbocycles. The van der Waals surface area contributed by atoms with Crippen LogP contribution in [0, 0.1) is 5.41 Å². The highest BCUT2D eigenvalue weighted by atomic mass is 16.6. The number of likely N-dealkylation sites (tertiary alicyclic amines) is 1. The SMILES string of the molecule is CN(C)CCC1(CN)CCN(C(=O)OC(C)(C)C)C1. The summed E-state index contributed by atoms with van der Waals surface area (Å²) in [5, 5.41) is 0. The summed E-state index contributed by atoms with van der Waals surface area (Å²) >= 11 is 0. The van der Waals surface area contributed by atoms with Crippen LogP contribution in [0.5, 0.6) is 0 Å². The zero-order valence-electron chi connectivity index (χ0n) is 13.0. The van der Waals surface area contributed by atoms with E-state index in [1.807, 2.05) is 20.8 Å². The first-order chi connectivity index (χ1) is 8.67. The minimum Gasteiger partial charge on any atom is -0.444 e. The Balaban J connectivity index is 2.57. The lowest BCUT2D eigenvalue weighted by Gasteiger charge is -2.30. The maximum absolute atomic E-state index is 12.1. The van der Waals surface area contributed by atoms with Crippen LogP contribution in [0.15, 0.2) is 0 Å². The molecular formula is C14H29N3O2. The summed E-state index contributed by atoms with van der Waals surface area (Å²) in [7, 11) is 4.12. The maximum atomic E-state index is 12.1. The van der Waals surface area contributed by atoms with Crippen LogP contribution in [-0.4, -0.2) is 61.8 Å². The molecule has 0 radical (unpaired) electrons. The summed E-state index contributed by atoms with van der Waals surface area (Å²) in [4.78, 5) is 16.0. The first kappa shape index (κ1) is 16.2. The first-order valence-corrected chi connectivity index (χ1v) is 7.00. The van der Waals surface area contributed by atoms with Crippen molar-refractivity contribution in [1.82, 2.24) is 9.80 Å². The molecular weight excluding hydrogens is 242 g/mol. The third kappa shape index (κ3) is 4.99. The molecule has 1 saturated heterocycles. The summed E-state index contributed by atoms with van der Waals surface area (Å²) in [5.74, 6) is 0. The minimum atomic E-state index is -0.436. The van der Waals surface area contributed by atoms with Gasteiger partial charge in [0.1, 0.15) is 5.60 Å². The first-order valence-electron chi connectivity index (χ1n) is 7.00. The molecule has 0 aliphatic carbocycles. The molecule has 1 amide bonds. The molecule has 1 aliphatic rings. The largest absolute Gasteiger partial charge is 0.444 e. The van der Waals surface area contributed by atoms with Gasteiger partial charge in [0.15, 0.2) is 0 Å². The predicted octanol–water partition coefficient (Wildman–Crippen LogP) is 1.52. The van der Waals surface area contributed by atoms with Crippen molar-refractivity contribution in [3.63, 3.8) is 0 Å². The molecule has 19 heavy (non-hydrogen) atoms. The lowest BCUT2D eigenvalue weighted by molar-refractivity contribution is 0.0271. The van der Waals surface area contributed by atoms with Gasteiger partial charge in [-0.1, -0.05) is 0 Å². The normalized spacial score (nSPS) is 24.1. The van der Waals surface area contributed by atoms with E-state index in [-0.39, 0.29) is 11.5 Å². The summed E-state index contributed by atoms with van der Waals surface area (Å²) < 4.78 is 5.42. The molecule has 1 unspecified atom stereocenters. The number of hydrogen-bond acceptors (Lipinski definition) is 4. The lowest BCUT2D eigenvalue weighted by Crippen LogP contribution is -2.40. The molecule has 1 atom stereocenters. The number of nitrogens with two attached hydrogens (primary N) is 1. The molecule has 0 aromatic rings. The second kappa shape index (κ2) is 6.09. The Morgan fingerprint density at radius 3 is 2.53 bits per heavy atom. The van der Waals surface area contributed by atoms with E-state index in [0.29, 0.717) is 13.1 Å². The van der Waals surface area contributed by atoms with Gasteiger partial charge in [0.25, 0.3) is 0 Å². The molecule has 1 fully saturated rings. The Kier molecular flexibility index (Phi) is 5.21. The van der Waals surface area contributed by atoms with Crippen LogP contribution in [0.1, 0.15) is 33.6 Å². The lowest BCUT2D eigenvalue weighted by atomic mass is 9.83. The number of rotatable bonds is 4. The monoisotopic (exact) mass is 271 g/mol. The van der Waals surface area contributed by atoms with Crippen molar-refractivity contribution < 1.29 is 9.53 Å². The molecule has 112 valence electrons. The minimum absolute atomic E-state index is 0.0567. The van der Waals surface area contributed by atoms with Gasteiger partial charge in [-0.15, -0.1) is 0 Å². The topological polar surface area (TPSA) is 58.8 Å². The van der Waals surface area contributed by atoms with Crippen molar-refractivity contribution >= 4 is 6.09 Å². The fourth-order valence-electron chi connectivity index (χ4n) is 2.35. The predicted molar refractivity (Wildman–Crippen MR) is 77.1 cm³/mol. The average molecular weight is 271 g/mol. The van der Waals surface area contributed by atoms with Gasteiger partial charge in [-0.25, -0.2) is 4.79 Å². The van der Waals surface area contributed by atoms with E-state index in [1.165, 1.54) is 0 Å². The van der Waals surface area contributed by atoms with Crippen molar-refractivity contribution in [2.75, 3.05) is 40.3 Å². The van der Waals surface area contributed by atoms with Crippen LogP contribution >= 0.6 is 0 Å². The fourth-order valence-corrected chi connectivity index (χ4v) is 2.35. The van der Waals surface area contributed by atoms with E-state index in [1.54, 1.807) is 4.90 Å². The van der Waals surface area contributed by atoms with E-state index < -0.39 is 5.60 Å². The molecule has 2 N–H and O–H groups in total. The van der Waals surface area contributed by atoms with E-state index in [9.17, 15) is 4.79 Å². The molecule has 0 aromatic heterocycles. The summed E-state index contributed by atoms with van der Waals surface area (Å²) in [6, 6.07) is 0. The van der Waals surface area contributed by atoms with Gasteiger partial charge >= 0.3 is 6.09 Å². The average Bonchev–Trinajstić information content (AvgIpc) is 2.69. The Bertz CT molecular complexity index is 312. The number of amides is 1. The van der Waals surface area contributed by atoms with Gasteiger partial charge in [-0.3, -0.25) is 0 Å². The highest BCUT2D eigenvalue weighted by Gasteiger charge is 2.39. The number of carbonyl (C=O) groups excluding carboxylic acids is 1. The number of carbonyl (C=O) groups is 1. The number of hydrogen-bond donors (Lipinski definition) is 1. The van der Waals surface area contributed by atoms with Crippen molar-refractivity contribution in [3.8, 4) is 0 Å². The van der Waals surface area contributed by atoms with Gasteiger partial charge < -0.3 is 20.3 Å². The van der Waals surface area contributed by atoms with Crippen molar-refractivity contribution in [2.45, 2.75) is 39.2 Å². The highest BCUT2D eigenvalue weighted by Crippen LogP contribution is 2.33. The van der Waals surface area contributed by atoms with Gasteiger partial charge in [-0.05, 0) is 60.8 Å². The molecule has 1 rings (SSSR count). The third-order valence-electron chi connectivity index (χ3n) is 3.61. The molecule has 0 spiro atoms. The Morgan fingerprint density at radius 2 is 2.05 bits per heavy atom. The van der Waals surface area contributed by atoms with Gasteiger partial charge in [0.2, 0.25) is 0 Å². The van der Waals surface area contributed by atoms with E-state index in [0.717, 1.165) is 25.9 Å². The Labute approximate surface area is 117 Å². The van der Waals surface area contributed by atoms with Crippen LogP contribution in [0.2, 0.25) is 0 Å². The Hall–Kier alpha value is -0.810. The summed E-state index contributed by atoms with van der Waals surface area (Å²) in [5.41, 5.74) is 5.57. The molecule has 1 aliphatic heterocycles. The van der Waals surface area contributed by atoms with Crippen molar-refractivity contribution in [3.05, 3.63) is 0 Å². The van der Waals surface area contributed by atoms with Crippen LogP contribution in [0.25, 0.3) is 0 Å². The van der Waals surface area contributed by atoms with Crippen LogP contribution in [0.3, 0.4) is 0 Å². The molecule has 0 bridgehead atoms. The zero-order chi connectivity index (χ0) is 14.7. The quantitative estimate of drug-likeness (QED) is 0.842. The van der Waals surface area contributed by atoms with Crippen molar-refractivity contribution in [1.29, 1.82) is 0 Å². The molecule has 5 heteroatoms. The summed E-state index contributed by atoms with van der Waals surface area (Å²) in [6.07, 6.45) is 1.78. The smallest absolute Gasteiger partial charge is 0.410 e. The molecule has 0 saturated carbocycles. The fraction of sp³-hybridized carbons (Fsp3) is 0.929. The second-order valence-electron chi connectivity index (χ2n) is 6.91. The maximum Gasteiger partial charge on any atom is 0.410 e. The van der Waals surface area contributed by atoms with Crippen LogP contribution in [0.4, 0.5) is 4.79 Å². The third-order valence-corrected chi connectivity index (χ3v) is 3.61. The standard InChI is InChI=1S/C14H29N3O2/c1-13(2,3)19-12(18)17-9-7-14(10-15,11-17)6-8-16(4)5/h6-11,15H2,1-5H3. The van der Waals surface area contributed by atoms with Gasteiger partial charge in [0.05, 0.1) is 0 Å². The van der Waals surface area contributed by atoms with E-state index >= 15 is 0 Å². The van der Waals surface area contributed by atoms with Crippen LogP contribution in [-0.2, 0) is 4.74 Å². The molecule has 1 heterocycles. The van der Waals surface area contributed by atoms with Gasteiger partial charge in [0, 0.05) is 18.5 Å². The number of ether oxygens (including phenoxy) is 1. The Morgan fingerprint density at radius 1 is 1.42 bits per heavy atom. The summed E-state index contributed by atoms with van der Waals surface area (Å²) in [6.45, 7) is 8.76. The van der Waals surface area contributed by atoms with E-state index in [4.69, 9.17) is 10.5 Å². The zero-order valence-corrected chi connectivity index (χ0v) is 13.0. The number of nitrogens with zero attached hydrogens (tertiary/aromatic N) is 2. The second-order valence-corrected chi connectivity index (χ2v) is 6.91.